The van der Waals surface area contributed by atoms with Gasteiger partial charge in [-0.3, -0.25) is 24.5 Å². The molecule has 1 heterocycles. The van der Waals surface area contributed by atoms with E-state index in [1.165, 1.54) is 29.9 Å². The Balaban J connectivity index is 0. The summed E-state index contributed by atoms with van der Waals surface area (Å²) in [4.78, 5) is 58.9. The summed E-state index contributed by atoms with van der Waals surface area (Å²) in [6, 6.07) is 14.7. The number of Topliss-reactive ketones (excluding diaryl/α,β-unsaturated/α-hetero) is 1. The van der Waals surface area contributed by atoms with Crippen LogP contribution in [0, 0.1) is 28.1 Å². The molecule has 4 aliphatic rings. The van der Waals surface area contributed by atoms with Crippen LogP contribution in [0.4, 0.5) is 15.3 Å². The number of nitrogens with two attached hydrogens (primary N) is 1. The molecule has 15 nitrogen and oxygen atoms in total. The van der Waals surface area contributed by atoms with Crippen LogP contribution in [0.5, 0.6) is 0 Å². The summed E-state index contributed by atoms with van der Waals surface area (Å²) in [6.07, 6.45) is 3.05. The smallest absolute Gasteiger partial charge is 0.443 e. The lowest BCUT2D eigenvalue weighted by Crippen LogP contribution is -2.38. The van der Waals surface area contributed by atoms with Crippen molar-refractivity contribution in [3.05, 3.63) is 106 Å². The lowest BCUT2D eigenvalue weighted by molar-refractivity contribution is -0.135. The zero-order valence-corrected chi connectivity index (χ0v) is 50.9. The molecule has 4 bridgehead atoms. The minimum Gasteiger partial charge on any atom is -0.443 e. The highest BCUT2D eigenvalue weighted by molar-refractivity contribution is 6.66. The van der Waals surface area contributed by atoms with E-state index >= 15 is 0 Å². The Morgan fingerprint density at radius 1 is 0.691 bits per heavy atom. The summed E-state index contributed by atoms with van der Waals surface area (Å²) in [5.74, 6) is 5.11. The molecule has 4 aromatic rings. The molecule has 4 aliphatic carbocycles. The van der Waals surface area contributed by atoms with Crippen LogP contribution in [0.2, 0.25) is 30.1 Å². The van der Waals surface area contributed by atoms with Crippen molar-refractivity contribution in [3.8, 4) is 5.69 Å². The number of benzene rings is 3. The van der Waals surface area contributed by atoms with Gasteiger partial charge in [0.25, 0.3) is 5.56 Å². The second-order valence-electron chi connectivity index (χ2n) is 22.9. The van der Waals surface area contributed by atoms with E-state index in [-0.39, 0.29) is 81.5 Å². The number of anilines is 1. The minimum absolute atomic E-state index is 0. The van der Waals surface area contributed by atoms with Crippen LogP contribution in [-0.2, 0) is 31.5 Å². The number of nitrogens with one attached hydrogen (secondary N) is 1. The molecule has 0 radical (unpaired) electrons. The first-order chi connectivity index (χ1) is 34.6. The molecule has 2 amide bonds. The largest absolute Gasteiger partial charge is 0.490 e. The Morgan fingerprint density at radius 2 is 1.15 bits per heavy atom. The molecule has 1 aromatic heterocycles. The molecule has 3 aromatic carbocycles. The Hall–Kier alpha value is -3.68. The molecule has 0 saturated heterocycles. The molecule has 8 rings (SSSR count). The van der Waals surface area contributed by atoms with Crippen molar-refractivity contribution in [2.24, 2.45) is 41.0 Å². The van der Waals surface area contributed by atoms with Gasteiger partial charge < -0.3 is 19.5 Å². The van der Waals surface area contributed by atoms with Crippen molar-refractivity contribution in [3.63, 3.8) is 0 Å². The fraction of sp³-hybridized carbons (Fsp3) is 0.569. The molecule has 0 aliphatic heterocycles. The Bertz CT molecular complexity index is 2880. The van der Waals surface area contributed by atoms with Gasteiger partial charge >= 0.3 is 19.3 Å². The maximum Gasteiger partial charge on any atom is 0.490 e. The van der Waals surface area contributed by atoms with Crippen molar-refractivity contribution in [1.29, 1.82) is 0 Å². The van der Waals surface area contributed by atoms with Gasteiger partial charge in [-0.05, 0) is 156 Å². The molecule has 5 atom stereocenters. The molecule has 23 heteroatoms. The molecule has 5 N–H and O–H groups in total. The van der Waals surface area contributed by atoms with Crippen molar-refractivity contribution in [1.82, 2.24) is 19.4 Å². The zero-order valence-electron chi connectivity index (χ0n) is 45.6. The molecular weight excluding hydrogens is 1180 g/mol. The van der Waals surface area contributed by atoms with Crippen LogP contribution in [0.15, 0.2) is 59.4 Å². The standard InChI is InChI=1S/C18H20Cl2N2O.C12H16Cl2N2O2.C11H15ClO2.C6H5BCl2O2.C6H14N2O2.5CH4/c1-17(2)11-7-8-18(17,3)15-14(11)16(23)22(21(15)4)13-9-10(19)5-6-12(13)20;1-12(2,3)18-11(17)16(4)15-10-7-8(13)5-6-9(10)14;1-10(2)6-4-5-11(10,3)8(13)7(6)9(12)14;8-4-1-2-6(9)5(3-4)7(10)11;1-6(2,3)10-5(9)8(4)7;;;;;/h5-6,9,11H,7-8H2,1-4H3;5-7,15H,1-4H3;6-7H,4-5H2,1-3H3;1-3,10-11H;7H2,1-4H3;5*1H4/t11-,18+;;6-,7?,11+;;;;;;;/m1.1......./s1. The predicted octanol–water partition coefficient (Wildman–Crippen LogP) is 15.8. The van der Waals surface area contributed by atoms with Crippen LogP contribution in [0.3, 0.4) is 0 Å². The van der Waals surface area contributed by atoms with Gasteiger partial charge in [0, 0.05) is 63.1 Å². The van der Waals surface area contributed by atoms with Gasteiger partial charge in [0.05, 0.1) is 33.0 Å². The Kier molecular flexibility index (Phi) is 29.3. The number of halogens is 7. The van der Waals surface area contributed by atoms with Gasteiger partial charge in [-0.25, -0.2) is 30.1 Å². The first-order valence-electron chi connectivity index (χ1n) is 24.4. The molecule has 1 unspecified atom stereocenters. The average Bonchev–Trinajstić information content (AvgIpc) is 3.89. The lowest BCUT2D eigenvalue weighted by Gasteiger charge is -2.36. The average molecular weight is 1270 g/mol. The van der Waals surface area contributed by atoms with Crippen molar-refractivity contribution >= 4 is 123 Å². The third kappa shape index (κ3) is 17.5. The number of hydrazine groups is 2. The van der Waals surface area contributed by atoms with Gasteiger partial charge in [0.2, 0.25) is 5.24 Å². The first kappa shape index (κ1) is 79.4. The molecule has 0 spiro atoms. The highest BCUT2D eigenvalue weighted by Crippen LogP contribution is 2.67. The lowest BCUT2D eigenvalue weighted by atomic mass is 9.70. The van der Waals surface area contributed by atoms with E-state index in [0.29, 0.717) is 47.4 Å². The van der Waals surface area contributed by atoms with Crippen LogP contribution in [-0.4, -0.2) is 85.1 Å². The summed E-state index contributed by atoms with van der Waals surface area (Å²) in [6.45, 7) is 23.8. The number of nitrogens with zero attached hydrogens (tertiary/aromatic N) is 4. The van der Waals surface area contributed by atoms with E-state index in [4.69, 9.17) is 107 Å². The minimum atomic E-state index is -1.57. The number of fused-ring (bicyclic) bond motifs is 7. The second kappa shape index (κ2) is 29.9. The topological polar surface area (TPSA) is 199 Å². The monoisotopic (exact) mass is 1270 g/mol. The van der Waals surface area contributed by atoms with E-state index in [1.54, 1.807) is 95.7 Å². The molecule has 458 valence electrons. The Labute approximate surface area is 518 Å². The number of aromatic nitrogens is 2. The Morgan fingerprint density at radius 3 is 1.56 bits per heavy atom. The zero-order chi connectivity index (χ0) is 58.2. The molecule has 3 saturated carbocycles. The number of hydrogen-bond acceptors (Lipinski definition) is 11. The highest BCUT2D eigenvalue weighted by atomic mass is 35.5. The van der Waals surface area contributed by atoms with Crippen molar-refractivity contribution in [2.75, 3.05) is 19.5 Å². The SMILES string of the molecule is C.C.C.C.C.CC1(C)[C@@H]2CC[C@@]1(C)C(=O)C2C(=O)Cl.CN(N)C(=O)OC(C)(C)C.CN(Nc1cc(Cl)ccc1Cl)C(=O)OC(C)(C)C.Cn1c2c(c(=O)n1-c1cc(Cl)ccc1Cl)[C@H]1CC[C@]2(C)C1(C)C.OB(O)c1cc(Cl)ccc1Cl. The van der Waals surface area contributed by atoms with Crippen LogP contribution in [0.25, 0.3) is 5.69 Å². The van der Waals surface area contributed by atoms with Gasteiger partial charge in [-0.2, -0.15) is 0 Å². The summed E-state index contributed by atoms with van der Waals surface area (Å²) >= 11 is 41.0. The third-order valence-corrected chi connectivity index (χ3v) is 17.0. The van der Waals surface area contributed by atoms with E-state index in [2.05, 4.69) is 40.0 Å². The number of carbonyl (C=O) groups is 4. The number of ketones is 1. The second-order valence-corrected chi connectivity index (χ2v) is 25.8. The number of amides is 2. The van der Waals surface area contributed by atoms with Crippen molar-refractivity contribution < 1.29 is 38.7 Å². The van der Waals surface area contributed by atoms with Gasteiger partial charge in [0.1, 0.15) is 11.2 Å². The summed E-state index contributed by atoms with van der Waals surface area (Å²) in [5.41, 5.74) is 5.15. The van der Waals surface area contributed by atoms with E-state index in [9.17, 15) is 24.0 Å². The maximum atomic E-state index is 13.2. The number of hydrogen-bond donors (Lipinski definition) is 4. The van der Waals surface area contributed by atoms with Crippen molar-refractivity contribution in [2.45, 2.75) is 168 Å². The number of ether oxygens (including phenoxy) is 2. The number of rotatable bonds is 5. The van der Waals surface area contributed by atoms with E-state index in [0.717, 1.165) is 36.3 Å². The summed E-state index contributed by atoms with van der Waals surface area (Å²) in [7, 11) is 3.37. The van der Waals surface area contributed by atoms with E-state index in [1.807, 2.05) is 18.7 Å². The number of carbonyl (C=O) groups excluding carboxylic acids is 4. The van der Waals surface area contributed by atoms with Crippen LogP contribution < -0.4 is 22.3 Å². The van der Waals surface area contributed by atoms with Gasteiger partial charge in [-0.1, -0.05) is 148 Å². The molecular formula is C58H90BCl7N6O9. The third-order valence-electron chi connectivity index (χ3n) is 15.1. The first-order valence-corrected chi connectivity index (χ1v) is 27.0. The predicted molar refractivity (Wildman–Crippen MR) is 340 cm³/mol. The maximum absolute atomic E-state index is 13.2. The fourth-order valence-electron chi connectivity index (χ4n) is 10.5. The van der Waals surface area contributed by atoms with Gasteiger partial charge in [-0.15, -0.1) is 0 Å². The molecule has 81 heavy (non-hydrogen) atoms. The van der Waals surface area contributed by atoms with Crippen LogP contribution >= 0.6 is 81.2 Å². The normalized spacial score (nSPS) is 20.6. The quantitative estimate of drug-likeness (QED) is 0.0370. The summed E-state index contributed by atoms with van der Waals surface area (Å²) < 4.78 is 13.7. The highest BCUT2D eigenvalue weighted by Gasteiger charge is 2.67. The van der Waals surface area contributed by atoms with Gasteiger partial charge in [0.15, 0.2) is 5.78 Å². The van der Waals surface area contributed by atoms with E-state index < -0.39 is 41.7 Å². The fourth-order valence-corrected chi connectivity index (χ4v) is 11.8. The summed E-state index contributed by atoms with van der Waals surface area (Å²) in [5, 5.41) is 22.0. The molecule has 3 fully saturated rings. The van der Waals surface area contributed by atoms with Crippen LogP contribution in [0.1, 0.15) is 163 Å².